The fourth-order valence-electron chi connectivity index (χ4n) is 1.69. The maximum Gasteiger partial charge on any atom is 0.318 e. The number of hydrogen-bond acceptors (Lipinski definition) is 3. The summed E-state index contributed by atoms with van der Waals surface area (Å²) in [6, 6.07) is -0.313. The van der Waals surface area contributed by atoms with E-state index < -0.39 is 23.4 Å². The van der Waals surface area contributed by atoms with Crippen molar-refractivity contribution >= 4 is 5.97 Å². The first kappa shape index (κ1) is 12.4. The van der Waals surface area contributed by atoms with Crippen molar-refractivity contribution in [3.05, 3.63) is 0 Å². The average molecular weight is 221 g/mol. The Morgan fingerprint density at radius 1 is 1.47 bits per heavy atom. The van der Waals surface area contributed by atoms with Crippen molar-refractivity contribution in [2.45, 2.75) is 51.7 Å². The molecule has 0 heterocycles. The van der Waals surface area contributed by atoms with Crippen LogP contribution < -0.4 is 5.73 Å². The van der Waals surface area contributed by atoms with Crippen molar-refractivity contribution in [1.29, 1.82) is 0 Å². The minimum atomic E-state index is -2.70. The molecule has 2 N–H and O–H groups in total. The summed E-state index contributed by atoms with van der Waals surface area (Å²) in [5, 5.41) is 0. The van der Waals surface area contributed by atoms with Crippen LogP contribution in [0.25, 0.3) is 0 Å². The first-order valence-corrected chi connectivity index (χ1v) is 4.94. The second kappa shape index (κ2) is 3.70. The Kier molecular flexibility index (Phi) is 3.05. The summed E-state index contributed by atoms with van der Waals surface area (Å²) in [4.78, 5) is 11.6. The lowest BCUT2D eigenvalue weighted by molar-refractivity contribution is -0.189. The Balaban J connectivity index is 2.71. The SMILES string of the molecule is CC(C)(C)OC(=O)C1(C(F)F)CC(N)C1. The minimum absolute atomic E-state index is 0.0135. The summed E-state index contributed by atoms with van der Waals surface area (Å²) < 4.78 is 30.5. The highest BCUT2D eigenvalue weighted by atomic mass is 19.3. The Bertz CT molecular complexity index is 255. The molecular weight excluding hydrogens is 204 g/mol. The number of alkyl halides is 2. The summed E-state index contributed by atoms with van der Waals surface area (Å²) in [6.45, 7) is 4.97. The third-order valence-corrected chi connectivity index (χ3v) is 2.48. The van der Waals surface area contributed by atoms with Crippen LogP contribution in [-0.4, -0.2) is 24.0 Å². The molecule has 0 aromatic heterocycles. The highest BCUT2D eigenvalue weighted by molar-refractivity contribution is 5.79. The van der Waals surface area contributed by atoms with Gasteiger partial charge in [0.1, 0.15) is 11.0 Å². The second-order valence-electron chi connectivity index (χ2n) is 5.13. The van der Waals surface area contributed by atoms with Crippen LogP contribution in [0.2, 0.25) is 0 Å². The summed E-state index contributed by atoms with van der Waals surface area (Å²) in [5.74, 6) is -0.827. The molecule has 0 aromatic rings. The van der Waals surface area contributed by atoms with Gasteiger partial charge in [-0.25, -0.2) is 8.78 Å². The maximum atomic E-state index is 12.8. The Labute approximate surface area is 88.0 Å². The fourth-order valence-corrected chi connectivity index (χ4v) is 1.69. The maximum absolute atomic E-state index is 12.8. The van der Waals surface area contributed by atoms with Crippen molar-refractivity contribution < 1.29 is 18.3 Å². The molecule has 0 atom stereocenters. The standard InChI is InChI=1S/C10H17F2NO2/c1-9(2,3)15-8(14)10(7(11)12)4-6(13)5-10/h6-7H,4-5,13H2,1-3H3. The lowest BCUT2D eigenvalue weighted by Gasteiger charge is -2.44. The summed E-state index contributed by atoms with van der Waals surface area (Å²) >= 11 is 0. The number of esters is 1. The largest absolute Gasteiger partial charge is 0.459 e. The molecular formula is C10H17F2NO2. The van der Waals surface area contributed by atoms with Crippen LogP contribution in [0.15, 0.2) is 0 Å². The van der Waals surface area contributed by atoms with Gasteiger partial charge < -0.3 is 10.5 Å². The van der Waals surface area contributed by atoms with Gasteiger partial charge in [-0.05, 0) is 33.6 Å². The minimum Gasteiger partial charge on any atom is -0.459 e. The van der Waals surface area contributed by atoms with Gasteiger partial charge in [0.15, 0.2) is 0 Å². The van der Waals surface area contributed by atoms with Crippen molar-refractivity contribution in [2.75, 3.05) is 0 Å². The van der Waals surface area contributed by atoms with Crippen molar-refractivity contribution in [2.24, 2.45) is 11.1 Å². The summed E-state index contributed by atoms with van der Waals surface area (Å²) in [5.41, 5.74) is 3.05. The van der Waals surface area contributed by atoms with Gasteiger partial charge in [0.2, 0.25) is 0 Å². The molecule has 0 aliphatic heterocycles. The van der Waals surface area contributed by atoms with Crippen LogP contribution in [0.4, 0.5) is 8.78 Å². The third-order valence-electron chi connectivity index (χ3n) is 2.48. The molecule has 0 radical (unpaired) electrons. The zero-order valence-corrected chi connectivity index (χ0v) is 9.22. The number of hydrogen-bond donors (Lipinski definition) is 1. The van der Waals surface area contributed by atoms with Crippen molar-refractivity contribution in [3.8, 4) is 0 Å². The van der Waals surface area contributed by atoms with Crippen LogP contribution in [0.1, 0.15) is 33.6 Å². The number of ether oxygens (including phenoxy) is 1. The van der Waals surface area contributed by atoms with Crippen LogP contribution in [0.3, 0.4) is 0 Å². The molecule has 1 rings (SSSR count). The van der Waals surface area contributed by atoms with E-state index in [9.17, 15) is 13.6 Å². The Morgan fingerprint density at radius 2 is 1.93 bits per heavy atom. The lowest BCUT2D eigenvalue weighted by atomic mass is 9.66. The average Bonchev–Trinajstić information content (AvgIpc) is 1.93. The molecule has 0 amide bonds. The van der Waals surface area contributed by atoms with Crippen LogP contribution in [-0.2, 0) is 9.53 Å². The van der Waals surface area contributed by atoms with E-state index in [2.05, 4.69) is 0 Å². The number of carbonyl (C=O) groups is 1. The first-order chi connectivity index (χ1) is 6.67. The van der Waals surface area contributed by atoms with E-state index in [1.165, 1.54) is 0 Å². The highest BCUT2D eigenvalue weighted by Gasteiger charge is 2.57. The van der Waals surface area contributed by atoms with Gasteiger partial charge in [0, 0.05) is 6.04 Å². The van der Waals surface area contributed by atoms with Crippen LogP contribution in [0.5, 0.6) is 0 Å². The molecule has 0 saturated heterocycles. The van der Waals surface area contributed by atoms with Gasteiger partial charge in [0.25, 0.3) is 6.43 Å². The second-order valence-corrected chi connectivity index (χ2v) is 5.13. The molecule has 1 fully saturated rings. The number of carbonyl (C=O) groups excluding carboxylic acids is 1. The number of rotatable bonds is 2. The molecule has 3 nitrogen and oxygen atoms in total. The summed E-state index contributed by atoms with van der Waals surface area (Å²) in [7, 11) is 0. The zero-order chi connectivity index (χ0) is 11.9. The quantitative estimate of drug-likeness (QED) is 0.722. The van der Waals surface area contributed by atoms with Gasteiger partial charge in [0.05, 0.1) is 0 Å². The molecule has 0 aromatic carbocycles. The van der Waals surface area contributed by atoms with Crippen molar-refractivity contribution in [1.82, 2.24) is 0 Å². The third kappa shape index (κ3) is 2.45. The topological polar surface area (TPSA) is 52.3 Å². The molecule has 1 aliphatic rings. The summed E-state index contributed by atoms with van der Waals surface area (Å²) in [6.07, 6.45) is -2.67. The van der Waals surface area contributed by atoms with Crippen molar-refractivity contribution in [3.63, 3.8) is 0 Å². The van der Waals surface area contributed by atoms with E-state index in [-0.39, 0.29) is 18.9 Å². The first-order valence-electron chi connectivity index (χ1n) is 4.94. The molecule has 88 valence electrons. The number of halogens is 2. The Morgan fingerprint density at radius 3 is 2.20 bits per heavy atom. The van der Waals surface area contributed by atoms with Gasteiger partial charge in [-0.1, -0.05) is 0 Å². The Hall–Kier alpha value is -0.710. The molecule has 1 saturated carbocycles. The predicted octanol–water partition coefficient (Wildman–Crippen LogP) is 1.70. The monoisotopic (exact) mass is 221 g/mol. The molecule has 5 heteroatoms. The normalized spacial score (nSPS) is 31.3. The molecule has 0 spiro atoms. The fraction of sp³-hybridized carbons (Fsp3) is 0.900. The van der Waals surface area contributed by atoms with E-state index in [0.717, 1.165) is 0 Å². The van der Waals surface area contributed by atoms with Gasteiger partial charge in [-0.3, -0.25) is 4.79 Å². The molecule has 15 heavy (non-hydrogen) atoms. The smallest absolute Gasteiger partial charge is 0.318 e. The highest BCUT2D eigenvalue weighted by Crippen LogP contribution is 2.46. The number of nitrogens with two attached hydrogens (primary N) is 1. The van der Waals surface area contributed by atoms with Gasteiger partial charge >= 0.3 is 5.97 Å². The van der Waals surface area contributed by atoms with E-state index in [0.29, 0.717) is 0 Å². The van der Waals surface area contributed by atoms with Gasteiger partial charge in [-0.2, -0.15) is 0 Å². The molecule has 0 unspecified atom stereocenters. The lowest BCUT2D eigenvalue weighted by Crippen LogP contribution is -2.56. The van der Waals surface area contributed by atoms with Crippen LogP contribution in [0, 0.1) is 5.41 Å². The molecule has 0 bridgehead atoms. The van der Waals surface area contributed by atoms with E-state index in [4.69, 9.17) is 10.5 Å². The van der Waals surface area contributed by atoms with Gasteiger partial charge in [-0.15, -0.1) is 0 Å². The molecule has 1 aliphatic carbocycles. The van der Waals surface area contributed by atoms with E-state index in [1.54, 1.807) is 20.8 Å². The van der Waals surface area contributed by atoms with Crippen LogP contribution >= 0.6 is 0 Å². The van der Waals surface area contributed by atoms with E-state index in [1.807, 2.05) is 0 Å². The zero-order valence-electron chi connectivity index (χ0n) is 9.22. The van der Waals surface area contributed by atoms with E-state index >= 15 is 0 Å². The predicted molar refractivity (Wildman–Crippen MR) is 51.5 cm³/mol.